The first-order valence-corrected chi connectivity index (χ1v) is 10.8. The van der Waals surface area contributed by atoms with Crippen LogP contribution in [-0.2, 0) is 6.54 Å². The van der Waals surface area contributed by atoms with Crippen molar-refractivity contribution in [1.82, 2.24) is 14.8 Å². The standard InChI is InChI=1S/C26H29N3O.2ClH/c1-28-16-23-17-29(18-25(23)26(28)21-9-11-24(30-2)12-10-21)15-19-5-7-20(8-6-19)22-4-3-13-27-14-22;;/h3-14,23,25-26H,15-18H2,1-2H3;2*1H/t23-,25+,26-;;/m0../s1. The Bertz CT molecular complexity index is 982. The van der Waals surface area contributed by atoms with E-state index in [9.17, 15) is 0 Å². The van der Waals surface area contributed by atoms with Crippen molar-refractivity contribution in [3.8, 4) is 16.9 Å². The van der Waals surface area contributed by atoms with E-state index in [-0.39, 0.29) is 24.8 Å². The minimum Gasteiger partial charge on any atom is -0.497 e. The molecule has 2 saturated heterocycles. The zero-order valence-electron chi connectivity index (χ0n) is 18.6. The highest BCUT2D eigenvalue weighted by Crippen LogP contribution is 2.44. The Balaban J connectivity index is 0.00000144. The van der Waals surface area contributed by atoms with Crippen molar-refractivity contribution in [3.63, 3.8) is 0 Å². The second kappa shape index (κ2) is 10.7. The smallest absolute Gasteiger partial charge is 0.118 e. The van der Waals surface area contributed by atoms with Gasteiger partial charge in [-0.25, -0.2) is 0 Å². The van der Waals surface area contributed by atoms with Crippen LogP contribution in [0, 0.1) is 11.8 Å². The van der Waals surface area contributed by atoms with E-state index >= 15 is 0 Å². The second-order valence-electron chi connectivity index (χ2n) is 8.71. The normalized spacial score (nSPS) is 22.6. The van der Waals surface area contributed by atoms with Gasteiger partial charge < -0.3 is 4.74 Å². The Hall–Kier alpha value is -2.11. The van der Waals surface area contributed by atoms with Gasteiger partial charge in [0.2, 0.25) is 0 Å². The summed E-state index contributed by atoms with van der Waals surface area (Å²) in [4.78, 5) is 9.40. The molecule has 0 spiro atoms. The number of hydrogen-bond donors (Lipinski definition) is 0. The molecule has 3 atom stereocenters. The van der Waals surface area contributed by atoms with Gasteiger partial charge in [-0.2, -0.15) is 0 Å². The minimum atomic E-state index is 0. The molecule has 0 unspecified atom stereocenters. The third-order valence-corrected chi connectivity index (χ3v) is 6.78. The van der Waals surface area contributed by atoms with E-state index in [1.54, 1.807) is 7.11 Å². The first-order valence-electron chi connectivity index (χ1n) is 10.8. The first-order chi connectivity index (χ1) is 14.7. The average molecular weight is 472 g/mol. The fourth-order valence-electron chi connectivity index (χ4n) is 5.38. The predicted molar refractivity (Wildman–Crippen MR) is 135 cm³/mol. The average Bonchev–Trinajstić information content (AvgIpc) is 3.30. The third kappa shape index (κ3) is 4.94. The summed E-state index contributed by atoms with van der Waals surface area (Å²) in [6.07, 6.45) is 3.74. The lowest BCUT2D eigenvalue weighted by molar-refractivity contribution is 0.224. The number of rotatable bonds is 5. The maximum atomic E-state index is 5.34. The summed E-state index contributed by atoms with van der Waals surface area (Å²) in [5, 5.41) is 0. The van der Waals surface area contributed by atoms with Crippen LogP contribution in [-0.4, -0.2) is 48.6 Å². The molecule has 0 saturated carbocycles. The summed E-state index contributed by atoms with van der Waals surface area (Å²) in [6, 6.07) is 22.2. The maximum absolute atomic E-state index is 5.34. The predicted octanol–water partition coefficient (Wildman–Crippen LogP) is 5.34. The molecule has 2 aromatic carbocycles. The number of hydrogen-bond acceptors (Lipinski definition) is 4. The van der Waals surface area contributed by atoms with E-state index in [2.05, 4.69) is 76.4 Å². The SMILES string of the molecule is COc1ccc([C@H]2[C@@H]3CN(Cc4ccc(-c5cccnc5)cc4)C[C@@H]3CN2C)cc1.Cl.Cl. The Labute approximate surface area is 203 Å². The van der Waals surface area contributed by atoms with Gasteiger partial charge in [-0.15, -0.1) is 24.8 Å². The molecule has 32 heavy (non-hydrogen) atoms. The van der Waals surface area contributed by atoms with Gasteiger partial charge in [0.25, 0.3) is 0 Å². The number of halogens is 2. The molecule has 3 heterocycles. The number of likely N-dealkylation sites (tertiary alicyclic amines) is 2. The minimum absolute atomic E-state index is 0. The highest BCUT2D eigenvalue weighted by Gasteiger charge is 2.45. The van der Waals surface area contributed by atoms with Crippen molar-refractivity contribution in [3.05, 3.63) is 84.2 Å². The molecule has 6 heteroatoms. The lowest BCUT2D eigenvalue weighted by Crippen LogP contribution is -2.28. The summed E-state index contributed by atoms with van der Waals surface area (Å²) in [5.41, 5.74) is 5.20. The molecule has 0 aliphatic carbocycles. The van der Waals surface area contributed by atoms with Crippen LogP contribution >= 0.6 is 24.8 Å². The number of pyridine rings is 1. The molecule has 0 N–H and O–H groups in total. The van der Waals surface area contributed by atoms with Crippen molar-refractivity contribution in [2.75, 3.05) is 33.8 Å². The molecule has 0 bridgehead atoms. The van der Waals surface area contributed by atoms with Crippen LogP contribution in [0.3, 0.4) is 0 Å². The van der Waals surface area contributed by atoms with Crippen LogP contribution in [0.2, 0.25) is 0 Å². The quantitative estimate of drug-likeness (QED) is 0.502. The summed E-state index contributed by atoms with van der Waals surface area (Å²) in [6.45, 7) is 4.55. The van der Waals surface area contributed by atoms with Crippen molar-refractivity contribution in [2.24, 2.45) is 11.8 Å². The van der Waals surface area contributed by atoms with Gasteiger partial charge in [0.15, 0.2) is 0 Å². The van der Waals surface area contributed by atoms with Gasteiger partial charge in [0, 0.05) is 44.6 Å². The van der Waals surface area contributed by atoms with E-state index in [0.29, 0.717) is 12.0 Å². The first kappa shape index (κ1) is 24.5. The number of nitrogens with zero attached hydrogens (tertiary/aromatic N) is 3. The lowest BCUT2D eigenvalue weighted by atomic mass is 9.89. The molecule has 5 rings (SSSR count). The van der Waals surface area contributed by atoms with Gasteiger partial charge in [-0.1, -0.05) is 42.5 Å². The van der Waals surface area contributed by atoms with Gasteiger partial charge in [-0.05, 0) is 59.3 Å². The molecule has 4 nitrogen and oxygen atoms in total. The van der Waals surface area contributed by atoms with E-state index in [4.69, 9.17) is 4.74 Å². The number of methoxy groups -OCH3 is 1. The number of ether oxygens (including phenoxy) is 1. The van der Waals surface area contributed by atoms with Crippen LogP contribution in [0.4, 0.5) is 0 Å². The second-order valence-corrected chi connectivity index (χ2v) is 8.71. The number of benzene rings is 2. The molecule has 0 radical (unpaired) electrons. The van der Waals surface area contributed by atoms with E-state index in [1.165, 1.54) is 35.3 Å². The zero-order valence-corrected chi connectivity index (χ0v) is 20.2. The molecule has 2 aliphatic heterocycles. The van der Waals surface area contributed by atoms with Crippen molar-refractivity contribution in [1.29, 1.82) is 0 Å². The van der Waals surface area contributed by atoms with Gasteiger partial charge in [0.05, 0.1) is 7.11 Å². The van der Waals surface area contributed by atoms with Crippen molar-refractivity contribution in [2.45, 2.75) is 12.6 Å². The zero-order chi connectivity index (χ0) is 20.5. The molecule has 2 aliphatic rings. The third-order valence-electron chi connectivity index (χ3n) is 6.78. The molecule has 0 amide bonds. The largest absolute Gasteiger partial charge is 0.497 e. The van der Waals surface area contributed by atoms with Crippen molar-refractivity contribution >= 4 is 24.8 Å². The van der Waals surface area contributed by atoms with Gasteiger partial charge in [-0.3, -0.25) is 14.8 Å². The fraction of sp³-hybridized carbons (Fsp3) is 0.346. The Morgan fingerprint density at radius 1 is 0.906 bits per heavy atom. The molecule has 3 aromatic rings. The Morgan fingerprint density at radius 3 is 2.31 bits per heavy atom. The van der Waals surface area contributed by atoms with E-state index < -0.39 is 0 Å². The molecule has 1 aromatic heterocycles. The summed E-state index contributed by atoms with van der Waals surface area (Å²) >= 11 is 0. The van der Waals surface area contributed by atoms with Crippen LogP contribution in [0.5, 0.6) is 5.75 Å². The van der Waals surface area contributed by atoms with Crippen LogP contribution in [0.25, 0.3) is 11.1 Å². The molecule has 170 valence electrons. The Morgan fingerprint density at radius 2 is 1.66 bits per heavy atom. The molecule has 2 fully saturated rings. The van der Waals surface area contributed by atoms with Gasteiger partial charge in [0.1, 0.15) is 5.75 Å². The fourth-order valence-corrected chi connectivity index (χ4v) is 5.38. The summed E-state index contributed by atoms with van der Waals surface area (Å²) in [7, 11) is 4.00. The topological polar surface area (TPSA) is 28.6 Å². The highest BCUT2D eigenvalue weighted by molar-refractivity contribution is 5.85. The maximum Gasteiger partial charge on any atom is 0.118 e. The highest BCUT2D eigenvalue weighted by atomic mass is 35.5. The summed E-state index contributed by atoms with van der Waals surface area (Å²) < 4.78 is 5.34. The Kier molecular flexibility index (Phi) is 8.18. The molecular formula is C26H31Cl2N3O. The van der Waals surface area contributed by atoms with E-state index in [0.717, 1.165) is 24.8 Å². The van der Waals surface area contributed by atoms with Crippen LogP contribution in [0.1, 0.15) is 17.2 Å². The number of aromatic nitrogens is 1. The monoisotopic (exact) mass is 471 g/mol. The van der Waals surface area contributed by atoms with Crippen LogP contribution in [0.15, 0.2) is 73.1 Å². The van der Waals surface area contributed by atoms with Crippen LogP contribution < -0.4 is 4.74 Å². The molecular weight excluding hydrogens is 441 g/mol. The van der Waals surface area contributed by atoms with Gasteiger partial charge >= 0.3 is 0 Å². The lowest BCUT2D eigenvalue weighted by Gasteiger charge is -2.27. The summed E-state index contributed by atoms with van der Waals surface area (Å²) in [5.74, 6) is 2.37. The van der Waals surface area contributed by atoms with Crippen molar-refractivity contribution < 1.29 is 4.74 Å². The number of fused-ring (bicyclic) bond motifs is 1. The van der Waals surface area contributed by atoms with E-state index in [1.807, 2.05) is 18.5 Å².